The third kappa shape index (κ3) is 7.67. The molecule has 0 bridgehead atoms. The number of carbonyl (C=O) groups excluding carboxylic acids is 1. The lowest BCUT2D eigenvalue weighted by Gasteiger charge is -2.34. The number of carbonyl (C=O) groups is 1. The van der Waals surface area contributed by atoms with Crippen molar-refractivity contribution in [3.05, 3.63) is 0 Å². The molecular weight excluding hydrogens is 266 g/mol. The number of hydrogen-bond acceptors (Lipinski definition) is 4. The quantitative estimate of drug-likeness (QED) is 0.817. The molecule has 0 spiro atoms. The van der Waals surface area contributed by atoms with Crippen LogP contribution in [0.15, 0.2) is 0 Å². The molecule has 1 aliphatic heterocycles. The molecule has 21 heavy (non-hydrogen) atoms. The minimum absolute atomic E-state index is 0.0589. The molecule has 0 saturated carbocycles. The fraction of sp³-hybridized carbons (Fsp3) is 0.938. The Balaban J connectivity index is 2.25. The molecule has 0 aromatic carbocycles. The summed E-state index contributed by atoms with van der Waals surface area (Å²) in [6.07, 6.45) is 2.22. The minimum Gasteiger partial charge on any atom is -0.444 e. The smallest absolute Gasteiger partial charge is 0.407 e. The van der Waals surface area contributed by atoms with Crippen molar-refractivity contribution in [1.82, 2.24) is 15.5 Å². The Hall–Kier alpha value is -0.810. The van der Waals surface area contributed by atoms with Crippen LogP contribution in [0.5, 0.6) is 0 Å². The van der Waals surface area contributed by atoms with Crippen molar-refractivity contribution in [3.63, 3.8) is 0 Å². The molecule has 0 aliphatic carbocycles. The van der Waals surface area contributed by atoms with E-state index in [2.05, 4.69) is 29.5 Å². The van der Waals surface area contributed by atoms with Crippen molar-refractivity contribution in [3.8, 4) is 0 Å². The van der Waals surface area contributed by atoms with Gasteiger partial charge in [-0.1, -0.05) is 0 Å². The summed E-state index contributed by atoms with van der Waals surface area (Å²) < 4.78 is 5.26. The molecule has 0 aromatic heterocycles. The van der Waals surface area contributed by atoms with Gasteiger partial charge in [0.1, 0.15) is 5.60 Å². The van der Waals surface area contributed by atoms with Crippen LogP contribution in [0.4, 0.5) is 4.79 Å². The molecule has 5 heteroatoms. The van der Waals surface area contributed by atoms with E-state index in [4.69, 9.17) is 4.74 Å². The predicted molar refractivity (Wildman–Crippen MR) is 86.5 cm³/mol. The molecular formula is C16H33N3O2. The molecule has 1 saturated heterocycles. The van der Waals surface area contributed by atoms with E-state index in [9.17, 15) is 4.79 Å². The highest BCUT2D eigenvalue weighted by Gasteiger charge is 2.23. The Kier molecular flexibility index (Phi) is 6.94. The molecule has 0 aromatic rings. The number of alkyl carbamates (subject to hydrolysis) is 1. The number of hydrogen-bond donors (Lipinski definition) is 2. The van der Waals surface area contributed by atoms with Crippen LogP contribution in [-0.4, -0.2) is 55.4 Å². The number of nitrogens with one attached hydrogen (secondary N) is 2. The van der Waals surface area contributed by atoms with Crippen LogP contribution in [0.25, 0.3) is 0 Å². The lowest BCUT2D eigenvalue weighted by atomic mass is 9.92. The average molecular weight is 299 g/mol. The van der Waals surface area contributed by atoms with Gasteiger partial charge >= 0.3 is 6.09 Å². The Morgan fingerprint density at radius 3 is 2.62 bits per heavy atom. The maximum absolute atomic E-state index is 11.7. The molecule has 1 heterocycles. The first-order chi connectivity index (χ1) is 9.67. The number of rotatable bonds is 5. The van der Waals surface area contributed by atoms with Gasteiger partial charge in [0.25, 0.3) is 0 Å². The lowest BCUT2D eigenvalue weighted by molar-refractivity contribution is 0.0506. The number of ether oxygens (including phenoxy) is 1. The molecule has 5 nitrogen and oxygen atoms in total. The highest BCUT2D eigenvalue weighted by molar-refractivity contribution is 5.68. The van der Waals surface area contributed by atoms with Crippen LogP contribution in [-0.2, 0) is 4.74 Å². The van der Waals surface area contributed by atoms with E-state index < -0.39 is 5.60 Å². The second kappa shape index (κ2) is 7.99. The van der Waals surface area contributed by atoms with Crippen LogP contribution in [0.2, 0.25) is 0 Å². The SMILES string of the molecule is CC(CNC(C)C1CCCN(C)C1)NC(=O)OC(C)(C)C. The minimum atomic E-state index is -0.447. The predicted octanol–water partition coefficient (Wildman–Crippen LogP) is 2.22. The first-order valence-corrected chi connectivity index (χ1v) is 8.09. The zero-order valence-electron chi connectivity index (χ0n) is 14.5. The Morgan fingerprint density at radius 1 is 1.38 bits per heavy atom. The molecule has 2 N–H and O–H groups in total. The van der Waals surface area contributed by atoms with E-state index in [0.717, 1.165) is 13.1 Å². The van der Waals surface area contributed by atoms with Crippen molar-refractivity contribution in [2.45, 2.75) is 65.1 Å². The second-order valence-electron chi connectivity index (χ2n) is 7.41. The van der Waals surface area contributed by atoms with Crippen molar-refractivity contribution in [2.24, 2.45) is 5.92 Å². The molecule has 1 amide bonds. The van der Waals surface area contributed by atoms with Gasteiger partial charge in [-0.05, 0) is 67.0 Å². The summed E-state index contributed by atoms with van der Waals surface area (Å²) in [5.74, 6) is 0.692. The number of likely N-dealkylation sites (tertiary alicyclic amines) is 1. The third-order valence-corrected chi connectivity index (χ3v) is 3.88. The van der Waals surface area contributed by atoms with E-state index in [1.807, 2.05) is 27.7 Å². The Morgan fingerprint density at radius 2 is 2.05 bits per heavy atom. The van der Waals surface area contributed by atoms with Crippen LogP contribution in [0, 0.1) is 5.92 Å². The molecule has 1 fully saturated rings. The first-order valence-electron chi connectivity index (χ1n) is 8.09. The van der Waals surface area contributed by atoms with Gasteiger partial charge in [0.05, 0.1) is 0 Å². The maximum Gasteiger partial charge on any atom is 0.407 e. The largest absolute Gasteiger partial charge is 0.444 e. The van der Waals surface area contributed by atoms with Gasteiger partial charge in [-0.2, -0.15) is 0 Å². The van der Waals surface area contributed by atoms with E-state index >= 15 is 0 Å². The Labute approximate surface area is 129 Å². The fourth-order valence-electron chi connectivity index (χ4n) is 2.70. The molecule has 3 atom stereocenters. The van der Waals surface area contributed by atoms with Crippen molar-refractivity contribution in [1.29, 1.82) is 0 Å². The monoisotopic (exact) mass is 299 g/mol. The summed E-state index contributed by atoms with van der Waals surface area (Å²) in [6, 6.07) is 0.527. The van der Waals surface area contributed by atoms with Crippen LogP contribution >= 0.6 is 0 Å². The maximum atomic E-state index is 11.7. The van der Waals surface area contributed by atoms with Crippen LogP contribution < -0.4 is 10.6 Å². The van der Waals surface area contributed by atoms with Gasteiger partial charge in [-0.3, -0.25) is 0 Å². The number of amides is 1. The molecule has 3 unspecified atom stereocenters. The lowest BCUT2D eigenvalue weighted by Crippen LogP contribution is -2.48. The first kappa shape index (κ1) is 18.2. The molecule has 0 radical (unpaired) electrons. The Bertz CT molecular complexity index is 328. The van der Waals surface area contributed by atoms with E-state index in [1.165, 1.54) is 19.4 Å². The zero-order chi connectivity index (χ0) is 16.0. The highest BCUT2D eigenvalue weighted by Crippen LogP contribution is 2.18. The van der Waals surface area contributed by atoms with Gasteiger partial charge < -0.3 is 20.3 Å². The fourth-order valence-corrected chi connectivity index (χ4v) is 2.70. The summed E-state index contributed by atoms with van der Waals surface area (Å²) in [5.41, 5.74) is -0.447. The third-order valence-electron chi connectivity index (χ3n) is 3.88. The second-order valence-corrected chi connectivity index (χ2v) is 7.41. The summed E-state index contributed by atoms with van der Waals surface area (Å²) in [7, 11) is 2.19. The van der Waals surface area contributed by atoms with Crippen LogP contribution in [0.3, 0.4) is 0 Å². The van der Waals surface area contributed by atoms with Gasteiger partial charge in [-0.25, -0.2) is 4.79 Å². The summed E-state index contributed by atoms with van der Waals surface area (Å²) in [6.45, 7) is 13.0. The summed E-state index contributed by atoms with van der Waals surface area (Å²) >= 11 is 0. The zero-order valence-corrected chi connectivity index (χ0v) is 14.5. The summed E-state index contributed by atoms with van der Waals surface area (Å²) in [4.78, 5) is 14.1. The van der Waals surface area contributed by atoms with Crippen molar-refractivity contribution < 1.29 is 9.53 Å². The van der Waals surface area contributed by atoms with Gasteiger partial charge in [-0.15, -0.1) is 0 Å². The van der Waals surface area contributed by atoms with Crippen molar-refractivity contribution >= 4 is 6.09 Å². The van der Waals surface area contributed by atoms with E-state index in [1.54, 1.807) is 0 Å². The number of piperidine rings is 1. The molecule has 1 aliphatic rings. The molecule has 124 valence electrons. The van der Waals surface area contributed by atoms with Crippen LogP contribution in [0.1, 0.15) is 47.5 Å². The summed E-state index contributed by atoms with van der Waals surface area (Å²) in [5, 5.41) is 6.41. The standard InChI is InChI=1S/C16H33N3O2/c1-12(18-15(20)21-16(3,4)5)10-17-13(2)14-8-7-9-19(6)11-14/h12-14,17H,7-11H2,1-6H3,(H,18,20). The van der Waals surface area contributed by atoms with E-state index in [0.29, 0.717) is 12.0 Å². The number of nitrogens with zero attached hydrogens (tertiary/aromatic N) is 1. The van der Waals surface area contributed by atoms with E-state index in [-0.39, 0.29) is 12.1 Å². The normalized spacial score (nSPS) is 23.4. The highest BCUT2D eigenvalue weighted by atomic mass is 16.6. The average Bonchev–Trinajstić information content (AvgIpc) is 2.33. The van der Waals surface area contributed by atoms with Crippen molar-refractivity contribution in [2.75, 3.05) is 26.7 Å². The topological polar surface area (TPSA) is 53.6 Å². The molecule has 1 rings (SSSR count). The van der Waals surface area contributed by atoms with Gasteiger partial charge in [0.2, 0.25) is 0 Å². The van der Waals surface area contributed by atoms with Gasteiger partial charge in [0, 0.05) is 25.2 Å². The van der Waals surface area contributed by atoms with Gasteiger partial charge in [0.15, 0.2) is 0 Å².